The molecule has 0 bridgehead atoms. The minimum absolute atomic E-state index is 0.0481. The summed E-state index contributed by atoms with van der Waals surface area (Å²) in [6.45, 7) is 2.68. The van der Waals surface area contributed by atoms with Crippen molar-refractivity contribution in [1.82, 2.24) is 4.90 Å². The van der Waals surface area contributed by atoms with Gasteiger partial charge in [-0.3, -0.25) is 4.79 Å². The highest BCUT2D eigenvalue weighted by molar-refractivity contribution is 6.34. The van der Waals surface area contributed by atoms with Crippen molar-refractivity contribution in [2.24, 2.45) is 0 Å². The predicted octanol–water partition coefficient (Wildman–Crippen LogP) is 2.55. The molecule has 0 heterocycles. The van der Waals surface area contributed by atoms with E-state index in [-0.39, 0.29) is 5.91 Å². The van der Waals surface area contributed by atoms with Crippen LogP contribution in [-0.4, -0.2) is 23.4 Å². The van der Waals surface area contributed by atoms with Crippen molar-refractivity contribution < 1.29 is 4.79 Å². The fraction of sp³-hybridized carbons (Fsp3) is 0.417. The largest absolute Gasteiger partial charge is 0.398 e. The molecule has 1 aliphatic rings. The number of nitrogens with zero attached hydrogens (tertiary/aromatic N) is 1. The zero-order valence-corrected chi connectivity index (χ0v) is 10.00. The van der Waals surface area contributed by atoms with Gasteiger partial charge in [-0.15, -0.1) is 0 Å². The Morgan fingerprint density at radius 3 is 2.75 bits per heavy atom. The van der Waals surface area contributed by atoms with Gasteiger partial charge < -0.3 is 10.6 Å². The number of amides is 1. The average Bonchev–Trinajstić information content (AvgIpc) is 3.03. The lowest BCUT2D eigenvalue weighted by Gasteiger charge is -2.21. The summed E-state index contributed by atoms with van der Waals surface area (Å²) in [5.41, 5.74) is 6.70. The molecule has 4 heteroatoms. The van der Waals surface area contributed by atoms with Crippen LogP contribution in [0.1, 0.15) is 30.1 Å². The molecule has 0 radical (unpaired) electrons. The third-order valence-corrected chi connectivity index (χ3v) is 3.16. The number of benzene rings is 1. The Morgan fingerprint density at radius 2 is 2.25 bits per heavy atom. The predicted molar refractivity (Wildman–Crippen MR) is 65.6 cm³/mol. The molecule has 0 saturated heterocycles. The average molecular weight is 239 g/mol. The van der Waals surface area contributed by atoms with Crippen molar-refractivity contribution in [1.29, 1.82) is 0 Å². The fourth-order valence-electron chi connectivity index (χ4n) is 1.86. The van der Waals surface area contributed by atoms with Crippen molar-refractivity contribution >= 4 is 23.2 Å². The van der Waals surface area contributed by atoms with E-state index in [9.17, 15) is 4.79 Å². The summed E-state index contributed by atoms with van der Waals surface area (Å²) in [5, 5.41) is 0.434. The first-order valence-corrected chi connectivity index (χ1v) is 5.88. The van der Waals surface area contributed by atoms with Crippen molar-refractivity contribution in [3.05, 3.63) is 28.8 Å². The Bertz CT molecular complexity index is 395. The summed E-state index contributed by atoms with van der Waals surface area (Å²) < 4.78 is 0. The van der Waals surface area contributed by atoms with Crippen LogP contribution in [0.25, 0.3) is 0 Å². The Labute approximate surface area is 100 Å². The number of carbonyl (C=O) groups is 1. The fourth-order valence-corrected chi connectivity index (χ4v) is 2.13. The Morgan fingerprint density at radius 1 is 1.56 bits per heavy atom. The van der Waals surface area contributed by atoms with E-state index in [1.54, 1.807) is 18.2 Å². The molecule has 86 valence electrons. The Balaban J connectivity index is 2.32. The van der Waals surface area contributed by atoms with E-state index in [4.69, 9.17) is 17.3 Å². The van der Waals surface area contributed by atoms with E-state index in [0.717, 1.165) is 12.8 Å². The van der Waals surface area contributed by atoms with E-state index in [2.05, 4.69) is 0 Å². The maximum atomic E-state index is 12.3. The second-order valence-corrected chi connectivity index (χ2v) is 4.43. The summed E-state index contributed by atoms with van der Waals surface area (Å²) in [4.78, 5) is 14.1. The first kappa shape index (κ1) is 11.3. The van der Waals surface area contributed by atoms with Crippen molar-refractivity contribution in [2.75, 3.05) is 12.3 Å². The molecule has 16 heavy (non-hydrogen) atoms. The summed E-state index contributed by atoms with van der Waals surface area (Å²) in [6, 6.07) is 5.54. The van der Waals surface area contributed by atoms with E-state index in [1.807, 2.05) is 11.8 Å². The van der Waals surface area contributed by atoms with E-state index >= 15 is 0 Å². The third-order valence-electron chi connectivity index (χ3n) is 2.85. The van der Waals surface area contributed by atoms with Gasteiger partial charge in [-0.25, -0.2) is 0 Å². The van der Waals surface area contributed by atoms with Gasteiger partial charge in [0.15, 0.2) is 0 Å². The lowest BCUT2D eigenvalue weighted by Crippen LogP contribution is -2.33. The van der Waals surface area contributed by atoms with Gasteiger partial charge in [-0.2, -0.15) is 0 Å². The van der Waals surface area contributed by atoms with Gasteiger partial charge in [-0.1, -0.05) is 17.7 Å². The van der Waals surface area contributed by atoms with E-state index in [1.165, 1.54) is 0 Å². The maximum absolute atomic E-state index is 12.3. The first-order valence-electron chi connectivity index (χ1n) is 5.50. The first-order chi connectivity index (χ1) is 7.65. The molecular weight excluding hydrogens is 224 g/mol. The van der Waals surface area contributed by atoms with Gasteiger partial charge in [0.25, 0.3) is 5.91 Å². The van der Waals surface area contributed by atoms with Crippen LogP contribution in [0.15, 0.2) is 18.2 Å². The molecule has 0 atom stereocenters. The number of carbonyl (C=O) groups excluding carboxylic acids is 1. The van der Waals surface area contributed by atoms with Gasteiger partial charge >= 0.3 is 0 Å². The lowest BCUT2D eigenvalue weighted by molar-refractivity contribution is 0.0754. The third kappa shape index (κ3) is 2.00. The number of hydrogen-bond acceptors (Lipinski definition) is 2. The molecule has 0 aromatic heterocycles. The molecule has 3 nitrogen and oxygen atoms in total. The molecule has 1 saturated carbocycles. The van der Waals surface area contributed by atoms with Gasteiger partial charge in [-0.05, 0) is 31.9 Å². The second kappa shape index (κ2) is 4.34. The molecule has 2 N–H and O–H groups in total. The van der Waals surface area contributed by atoms with Crippen molar-refractivity contribution in [2.45, 2.75) is 25.8 Å². The zero-order chi connectivity index (χ0) is 11.7. The van der Waals surface area contributed by atoms with E-state index < -0.39 is 0 Å². The van der Waals surface area contributed by atoms with Crippen LogP contribution in [0.5, 0.6) is 0 Å². The number of hydrogen-bond donors (Lipinski definition) is 1. The summed E-state index contributed by atoms with van der Waals surface area (Å²) >= 11 is 6.02. The summed E-state index contributed by atoms with van der Waals surface area (Å²) in [6.07, 6.45) is 2.17. The molecule has 1 amide bonds. The van der Waals surface area contributed by atoms with Crippen LogP contribution < -0.4 is 5.73 Å². The Hall–Kier alpha value is -1.22. The lowest BCUT2D eigenvalue weighted by atomic mass is 10.1. The highest BCUT2D eigenvalue weighted by atomic mass is 35.5. The topological polar surface area (TPSA) is 46.3 Å². The van der Waals surface area contributed by atoms with Crippen LogP contribution in [-0.2, 0) is 0 Å². The van der Waals surface area contributed by atoms with Crippen LogP contribution in [0.3, 0.4) is 0 Å². The molecule has 1 aliphatic carbocycles. The molecule has 1 fully saturated rings. The number of rotatable bonds is 3. The number of nitrogens with two attached hydrogens (primary N) is 1. The molecule has 0 spiro atoms. The SMILES string of the molecule is CCN(C(=O)c1c(N)cccc1Cl)C1CC1. The number of anilines is 1. The maximum Gasteiger partial charge on any atom is 0.257 e. The highest BCUT2D eigenvalue weighted by Gasteiger charge is 2.33. The monoisotopic (exact) mass is 238 g/mol. The van der Waals surface area contributed by atoms with Crippen molar-refractivity contribution in [3.8, 4) is 0 Å². The van der Waals surface area contributed by atoms with Gasteiger partial charge in [0.2, 0.25) is 0 Å². The zero-order valence-electron chi connectivity index (χ0n) is 9.24. The summed E-state index contributed by atoms with van der Waals surface area (Å²) in [7, 11) is 0. The molecule has 0 aliphatic heterocycles. The van der Waals surface area contributed by atoms with Crippen LogP contribution in [0, 0.1) is 0 Å². The Kier molecular flexibility index (Phi) is 3.06. The summed E-state index contributed by atoms with van der Waals surface area (Å²) in [5.74, 6) is -0.0481. The molecule has 1 aromatic carbocycles. The molecule has 0 unspecified atom stereocenters. The molecule has 2 rings (SSSR count). The second-order valence-electron chi connectivity index (χ2n) is 4.03. The highest BCUT2D eigenvalue weighted by Crippen LogP contribution is 2.31. The minimum atomic E-state index is -0.0481. The standard InChI is InChI=1S/C12H15ClN2O/c1-2-15(8-6-7-8)12(16)11-9(13)4-3-5-10(11)14/h3-5,8H,2,6-7,14H2,1H3. The van der Waals surface area contributed by atoms with Gasteiger partial charge in [0.1, 0.15) is 0 Å². The van der Waals surface area contributed by atoms with Gasteiger partial charge in [0, 0.05) is 18.3 Å². The number of nitrogen functional groups attached to an aromatic ring is 1. The molecular formula is C12H15ClN2O. The van der Waals surface area contributed by atoms with E-state index in [0.29, 0.717) is 28.9 Å². The normalized spacial score (nSPS) is 14.9. The van der Waals surface area contributed by atoms with Gasteiger partial charge in [0.05, 0.1) is 10.6 Å². The van der Waals surface area contributed by atoms with Crippen molar-refractivity contribution in [3.63, 3.8) is 0 Å². The quantitative estimate of drug-likeness (QED) is 0.823. The smallest absolute Gasteiger partial charge is 0.257 e. The van der Waals surface area contributed by atoms with Crippen LogP contribution >= 0.6 is 11.6 Å². The van der Waals surface area contributed by atoms with Crippen LogP contribution in [0.4, 0.5) is 5.69 Å². The van der Waals surface area contributed by atoms with Crippen LogP contribution in [0.2, 0.25) is 5.02 Å². The molecule has 1 aromatic rings. The minimum Gasteiger partial charge on any atom is -0.398 e. The number of halogens is 1.